The molecule has 2 aliphatic heterocycles. The van der Waals surface area contributed by atoms with Crippen molar-refractivity contribution < 1.29 is 0 Å². The van der Waals surface area contributed by atoms with Crippen LogP contribution in [0, 0.1) is 0 Å². The van der Waals surface area contributed by atoms with Crippen LogP contribution in [-0.4, -0.2) is 40.1 Å². The molecule has 1 atom stereocenters. The van der Waals surface area contributed by atoms with E-state index >= 15 is 0 Å². The van der Waals surface area contributed by atoms with Crippen LogP contribution < -0.4 is 10.6 Å². The average Bonchev–Trinajstić information content (AvgIpc) is 3.14. The lowest BCUT2D eigenvalue weighted by atomic mass is 10.1. The van der Waals surface area contributed by atoms with Gasteiger partial charge >= 0.3 is 0 Å². The summed E-state index contributed by atoms with van der Waals surface area (Å²) >= 11 is 3.87. The summed E-state index contributed by atoms with van der Waals surface area (Å²) < 4.78 is 0. The van der Waals surface area contributed by atoms with Crippen molar-refractivity contribution in [1.82, 2.24) is 15.2 Å². The predicted octanol–water partition coefficient (Wildman–Crippen LogP) is 2.25. The molecule has 3 N–H and O–H groups in total. The number of nitrogens with zero attached hydrogens (tertiary/aromatic N) is 3. The van der Waals surface area contributed by atoms with E-state index < -0.39 is 0 Å². The largest absolute Gasteiger partial charge is 0.338 e. The van der Waals surface area contributed by atoms with Gasteiger partial charge in [-0.15, -0.1) is 16.4 Å². The van der Waals surface area contributed by atoms with Gasteiger partial charge in [0.1, 0.15) is 0 Å². The third-order valence-corrected chi connectivity index (χ3v) is 6.33. The lowest BCUT2D eigenvalue weighted by Gasteiger charge is -2.29. The van der Waals surface area contributed by atoms with Crippen LogP contribution in [0.3, 0.4) is 0 Å². The lowest BCUT2D eigenvalue weighted by molar-refractivity contribution is 0.500. The molecule has 1 saturated heterocycles. The molecule has 112 valence electrons. The van der Waals surface area contributed by atoms with E-state index in [9.17, 15) is 0 Å². The predicted molar refractivity (Wildman–Crippen MR) is 89.0 cm³/mol. The van der Waals surface area contributed by atoms with Crippen LogP contribution in [0.5, 0.6) is 0 Å². The van der Waals surface area contributed by atoms with Crippen molar-refractivity contribution >= 4 is 29.0 Å². The smallest absolute Gasteiger partial charge is 0.245 e. The molecule has 2 aliphatic rings. The Labute approximate surface area is 132 Å². The first kappa shape index (κ1) is 13.6. The molecule has 0 aliphatic carbocycles. The summed E-state index contributed by atoms with van der Waals surface area (Å²) in [4.78, 5) is 9.61. The monoisotopic (exact) mass is 321 g/mol. The molecule has 2 aromatic rings. The Hall–Kier alpha value is -1.05. The Kier molecular flexibility index (Phi) is 3.64. The van der Waals surface area contributed by atoms with E-state index in [-0.39, 0.29) is 6.04 Å². The topological polar surface area (TPSA) is 70.8 Å². The van der Waals surface area contributed by atoms with E-state index in [4.69, 9.17) is 5.73 Å². The fraction of sp³-hybridized carbons (Fsp3) is 0.571. The highest BCUT2D eigenvalue weighted by molar-refractivity contribution is 7.98. The van der Waals surface area contributed by atoms with Crippen LogP contribution in [0.4, 0.5) is 5.95 Å². The number of aromatic nitrogens is 3. The molecule has 2 aromatic heterocycles. The first-order chi connectivity index (χ1) is 10.3. The molecular formula is C14H19N5S2. The van der Waals surface area contributed by atoms with E-state index in [1.54, 1.807) is 0 Å². The number of hydrogen-bond donors (Lipinski definition) is 2. The third kappa shape index (κ3) is 2.69. The molecule has 0 radical (unpaired) electrons. The molecule has 4 rings (SSSR count). The van der Waals surface area contributed by atoms with E-state index in [1.807, 2.05) is 23.1 Å². The van der Waals surface area contributed by atoms with Crippen molar-refractivity contribution in [3.05, 3.63) is 16.5 Å². The molecule has 5 nitrogen and oxygen atoms in total. The number of H-pyrrole nitrogens is 1. The van der Waals surface area contributed by atoms with Crippen LogP contribution >= 0.6 is 23.1 Å². The highest BCUT2D eigenvalue weighted by Crippen LogP contribution is 2.36. The number of anilines is 1. The Morgan fingerprint density at radius 2 is 2.38 bits per heavy atom. The summed E-state index contributed by atoms with van der Waals surface area (Å²) in [5.41, 5.74) is 7.51. The summed E-state index contributed by atoms with van der Waals surface area (Å²) in [6.07, 6.45) is 3.41. The fourth-order valence-electron chi connectivity index (χ4n) is 2.96. The molecule has 0 saturated carbocycles. The second kappa shape index (κ2) is 5.62. The van der Waals surface area contributed by atoms with Gasteiger partial charge in [0.05, 0.1) is 4.88 Å². The van der Waals surface area contributed by atoms with Crippen molar-refractivity contribution in [3.8, 4) is 10.7 Å². The summed E-state index contributed by atoms with van der Waals surface area (Å²) in [6.45, 7) is 1.86. The fourth-order valence-corrected chi connectivity index (χ4v) is 5.27. The number of thioether (sulfide) groups is 1. The standard InChI is InChI=1S/C14H19N5S2/c15-10-2-1-4-19(7-10)14-16-13(17-18-14)12-6-9-8-20-5-3-11(9)21-12/h6,10H,1-5,7-8,15H2,(H,16,17,18). The van der Waals surface area contributed by atoms with Crippen LogP contribution in [-0.2, 0) is 12.2 Å². The molecule has 1 fully saturated rings. The SMILES string of the molecule is NC1CCCN(c2n[nH]c(-c3cc4c(s3)CCSC4)n2)C1. The van der Waals surface area contributed by atoms with E-state index in [1.165, 1.54) is 27.5 Å². The number of nitrogens with two attached hydrogens (primary N) is 1. The molecule has 7 heteroatoms. The van der Waals surface area contributed by atoms with E-state index in [2.05, 4.69) is 26.1 Å². The second-order valence-electron chi connectivity index (χ2n) is 5.69. The Bertz CT molecular complexity index is 612. The van der Waals surface area contributed by atoms with Crippen molar-refractivity contribution in [2.24, 2.45) is 5.73 Å². The maximum absolute atomic E-state index is 6.04. The number of fused-ring (bicyclic) bond motifs is 1. The number of piperidine rings is 1. The maximum Gasteiger partial charge on any atom is 0.245 e. The summed E-state index contributed by atoms with van der Waals surface area (Å²) in [6, 6.07) is 2.52. The third-order valence-electron chi connectivity index (χ3n) is 4.08. The van der Waals surface area contributed by atoms with Crippen LogP contribution in [0.2, 0.25) is 0 Å². The Morgan fingerprint density at radius 3 is 3.24 bits per heavy atom. The highest BCUT2D eigenvalue weighted by Gasteiger charge is 2.21. The van der Waals surface area contributed by atoms with Gasteiger partial charge in [0.15, 0.2) is 5.82 Å². The maximum atomic E-state index is 6.04. The summed E-state index contributed by atoms with van der Waals surface area (Å²) in [5.74, 6) is 4.06. The van der Waals surface area contributed by atoms with Gasteiger partial charge in [0.2, 0.25) is 5.95 Å². The normalized spacial score (nSPS) is 22.3. The van der Waals surface area contributed by atoms with Gasteiger partial charge in [-0.25, -0.2) is 0 Å². The van der Waals surface area contributed by atoms with Crippen molar-refractivity contribution in [1.29, 1.82) is 0 Å². The number of aryl methyl sites for hydroxylation is 1. The Balaban J connectivity index is 1.57. The molecule has 0 bridgehead atoms. The number of thiophene rings is 1. The first-order valence-corrected chi connectivity index (χ1v) is 9.39. The summed E-state index contributed by atoms with van der Waals surface area (Å²) in [7, 11) is 0. The highest BCUT2D eigenvalue weighted by atomic mass is 32.2. The first-order valence-electron chi connectivity index (χ1n) is 7.42. The van der Waals surface area contributed by atoms with Gasteiger partial charge in [-0.3, -0.25) is 5.10 Å². The number of nitrogens with one attached hydrogen (secondary N) is 1. The molecule has 21 heavy (non-hydrogen) atoms. The molecule has 0 amide bonds. The minimum Gasteiger partial charge on any atom is -0.338 e. The zero-order valence-corrected chi connectivity index (χ0v) is 13.5. The van der Waals surface area contributed by atoms with Gasteiger partial charge in [0, 0.05) is 29.8 Å². The molecular weight excluding hydrogens is 302 g/mol. The minimum absolute atomic E-state index is 0.242. The van der Waals surface area contributed by atoms with Gasteiger partial charge in [-0.05, 0) is 36.6 Å². The molecule has 1 unspecified atom stereocenters. The number of rotatable bonds is 2. The van der Waals surface area contributed by atoms with Crippen LogP contribution in [0.15, 0.2) is 6.07 Å². The quantitative estimate of drug-likeness (QED) is 0.888. The second-order valence-corrected chi connectivity index (χ2v) is 7.94. The minimum atomic E-state index is 0.242. The molecule has 4 heterocycles. The van der Waals surface area contributed by atoms with Crippen molar-refractivity contribution in [2.45, 2.75) is 31.1 Å². The molecule has 0 aromatic carbocycles. The Morgan fingerprint density at radius 1 is 1.43 bits per heavy atom. The van der Waals surface area contributed by atoms with Gasteiger partial charge in [-0.1, -0.05) is 0 Å². The van der Waals surface area contributed by atoms with E-state index in [0.717, 1.165) is 43.5 Å². The van der Waals surface area contributed by atoms with Gasteiger partial charge in [-0.2, -0.15) is 16.7 Å². The van der Waals surface area contributed by atoms with Gasteiger partial charge in [0.25, 0.3) is 0 Å². The summed E-state index contributed by atoms with van der Waals surface area (Å²) in [5, 5.41) is 7.50. The van der Waals surface area contributed by atoms with Crippen LogP contribution in [0.1, 0.15) is 23.3 Å². The van der Waals surface area contributed by atoms with Gasteiger partial charge < -0.3 is 10.6 Å². The zero-order chi connectivity index (χ0) is 14.2. The van der Waals surface area contributed by atoms with Crippen molar-refractivity contribution in [2.75, 3.05) is 23.7 Å². The van der Waals surface area contributed by atoms with Crippen LogP contribution in [0.25, 0.3) is 10.7 Å². The lowest BCUT2D eigenvalue weighted by Crippen LogP contribution is -2.43. The van der Waals surface area contributed by atoms with E-state index in [0.29, 0.717) is 0 Å². The average molecular weight is 321 g/mol. The molecule has 0 spiro atoms. The van der Waals surface area contributed by atoms with Crippen molar-refractivity contribution in [3.63, 3.8) is 0 Å². The number of aromatic amines is 1. The number of hydrogen-bond acceptors (Lipinski definition) is 6. The zero-order valence-electron chi connectivity index (χ0n) is 11.8.